The summed E-state index contributed by atoms with van der Waals surface area (Å²) < 4.78 is 0. The van der Waals surface area contributed by atoms with Crippen LogP contribution in [-0.4, -0.2) is 36.5 Å². The van der Waals surface area contributed by atoms with E-state index in [9.17, 15) is 10.1 Å². The van der Waals surface area contributed by atoms with E-state index in [2.05, 4.69) is 24.1 Å². The van der Waals surface area contributed by atoms with E-state index in [0.717, 1.165) is 6.54 Å². The molecule has 1 atom stereocenters. The van der Waals surface area contributed by atoms with Crippen molar-refractivity contribution in [2.75, 3.05) is 26.0 Å². The van der Waals surface area contributed by atoms with Crippen molar-refractivity contribution in [2.24, 2.45) is 5.92 Å². The lowest BCUT2D eigenvalue weighted by Gasteiger charge is -2.27. The summed E-state index contributed by atoms with van der Waals surface area (Å²) in [7, 11) is 3.97. The maximum atomic E-state index is 10.7. The largest absolute Gasteiger partial charge is 0.380 e. The molecule has 0 bridgehead atoms. The number of non-ortho nitro benzene ring substituents is 1. The fourth-order valence-electron chi connectivity index (χ4n) is 1.88. The predicted octanol–water partition coefficient (Wildman–Crippen LogP) is 2.46. The van der Waals surface area contributed by atoms with E-state index in [4.69, 9.17) is 5.26 Å². The molecule has 0 heterocycles. The monoisotopic (exact) mass is 276 g/mol. The molecule has 1 aromatic rings. The van der Waals surface area contributed by atoms with Crippen LogP contribution in [0.25, 0.3) is 0 Å². The highest BCUT2D eigenvalue weighted by molar-refractivity contribution is 5.61. The first kappa shape index (κ1) is 15.9. The van der Waals surface area contributed by atoms with Crippen LogP contribution in [0.2, 0.25) is 0 Å². The molecule has 1 aromatic carbocycles. The van der Waals surface area contributed by atoms with Crippen molar-refractivity contribution in [2.45, 2.75) is 19.9 Å². The molecule has 0 fully saturated rings. The Bertz CT molecular complexity index is 520. The third-order valence-electron chi connectivity index (χ3n) is 3.04. The molecule has 0 saturated carbocycles. The van der Waals surface area contributed by atoms with Gasteiger partial charge in [-0.25, -0.2) is 0 Å². The average Bonchev–Trinajstić information content (AvgIpc) is 2.37. The molecule has 0 aliphatic carbocycles. The molecule has 1 rings (SSSR count). The van der Waals surface area contributed by atoms with Gasteiger partial charge in [-0.05, 0) is 26.1 Å². The Kier molecular flexibility index (Phi) is 5.47. The highest BCUT2D eigenvalue weighted by Crippen LogP contribution is 2.23. The van der Waals surface area contributed by atoms with E-state index in [0.29, 0.717) is 17.2 Å². The van der Waals surface area contributed by atoms with Crippen LogP contribution < -0.4 is 5.32 Å². The number of nitrogens with one attached hydrogen (secondary N) is 1. The van der Waals surface area contributed by atoms with Crippen LogP contribution in [0, 0.1) is 27.4 Å². The van der Waals surface area contributed by atoms with E-state index >= 15 is 0 Å². The summed E-state index contributed by atoms with van der Waals surface area (Å²) in [4.78, 5) is 12.3. The van der Waals surface area contributed by atoms with Gasteiger partial charge in [0.15, 0.2) is 0 Å². The second-order valence-electron chi connectivity index (χ2n) is 5.36. The smallest absolute Gasteiger partial charge is 0.270 e. The van der Waals surface area contributed by atoms with Crippen LogP contribution in [0.15, 0.2) is 18.2 Å². The number of nitro benzene ring substituents is 1. The zero-order valence-electron chi connectivity index (χ0n) is 12.3. The van der Waals surface area contributed by atoms with E-state index in [1.807, 2.05) is 20.2 Å². The molecule has 0 aliphatic heterocycles. The van der Waals surface area contributed by atoms with Crippen molar-refractivity contribution in [3.05, 3.63) is 33.9 Å². The van der Waals surface area contributed by atoms with E-state index in [1.54, 1.807) is 6.07 Å². The summed E-state index contributed by atoms with van der Waals surface area (Å²) in [5.74, 6) is 0.374. The van der Waals surface area contributed by atoms with Crippen molar-refractivity contribution < 1.29 is 4.92 Å². The Labute approximate surface area is 119 Å². The molecule has 108 valence electrons. The van der Waals surface area contributed by atoms with Crippen LogP contribution in [-0.2, 0) is 0 Å². The predicted molar refractivity (Wildman–Crippen MR) is 78.6 cm³/mol. The summed E-state index contributed by atoms with van der Waals surface area (Å²) in [6, 6.07) is 6.49. The minimum atomic E-state index is -0.496. The number of rotatable bonds is 6. The molecular formula is C14H20N4O2. The Morgan fingerprint density at radius 3 is 2.55 bits per heavy atom. The van der Waals surface area contributed by atoms with Gasteiger partial charge in [-0.1, -0.05) is 13.8 Å². The normalized spacial score (nSPS) is 12.2. The van der Waals surface area contributed by atoms with Gasteiger partial charge in [-0.15, -0.1) is 0 Å². The lowest BCUT2D eigenvalue weighted by Crippen LogP contribution is -2.36. The number of hydrogen-bond donors (Lipinski definition) is 1. The van der Waals surface area contributed by atoms with Crippen molar-refractivity contribution in [3.8, 4) is 6.07 Å². The Morgan fingerprint density at radius 1 is 1.45 bits per heavy atom. The molecule has 0 radical (unpaired) electrons. The molecule has 1 N–H and O–H groups in total. The highest BCUT2D eigenvalue weighted by Gasteiger charge is 2.17. The fourth-order valence-corrected chi connectivity index (χ4v) is 1.88. The molecule has 0 aliphatic rings. The number of nitriles is 1. The lowest BCUT2D eigenvalue weighted by atomic mass is 10.0. The molecule has 6 nitrogen and oxygen atoms in total. The van der Waals surface area contributed by atoms with Gasteiger partial charge in [0.05, 0.1) is 16.2 Å². The molecular weight excluding hydrogens is 256 g/mol. The Hall–Kier alpha value is -2.13. The van der Waals surface area contributed by atoms with Crippen molar-refractivity contribution in [3.63, 3.8) is 0 Å². The highest BCUT2D eigenvalue weighted by atomic mass is 16.6. The molecule has 20 heavy (non-hydrogen) atoms. The van der Waals surface area contributed by atoms with E-state index < -0.39 is 4.92 Å². The van der Waals surface area contributed by atoms with E-state index in [1.165, 1.54) is 12.1 Å². The Morgan fingerprint density at radius 2 is 2.10 bits per heavy atom. The molecule has 0 spiro atoms. The Balaban J connectivity index is 3.01. The molecule has 6 heteroatoms. The standard InChI is InChI=1S/C14H20N4O2/c1-10(2)14(9-17(3)4)16-13-6-5-12(18(19)20)7-11(13)8-15/h5-7,10,14,16H,9H2,1-4H3. The fraction of sp³-hybridized carbons (Fsp3) is 0.500. The van der Waals surface area contributed by atoms with Gasteiger partial charge in [0.1, 0.15) is 6.07 Å². The first-order valence-electron chi connectivity index (χ1n) is 6.45. The lowest BCUT2D eigenvalue weighted by molar-refractivity contribution is -0.384. The first-order chi connectivity index (χ1) is 9.35. The number of nitro groups is 1. The molecule has 0 amide bonds. The number of hydrogen-bond acceptors (Lipinski definition) is 5. The van der Waals surface area contributed by atoms with Gasteiger partial charge in [-0.2, -0.15) is 5.26 Å². The van der Waals surface area contributed by atoms with Crippen LogP contribution in [0.4, 0.5) is 11.4 Å². The topological polar surface area (TPSA) is 82.2 Å². The number of likely N-dealkylation sites (N-methyl/N-ethyl adjacent to an activating group) is 1. The number of nitrogens with zero attached hydrogens (tertiary/aromatic N) is 3. The van der Waals surface area contributed by atoms with Crippen molar-refractivity contribution in [1.29, 1.82) is 5.26 Å². The third kappa shape index (κ3) is 4.21. The van der Waals surface area contributed by atoms with Gasteiger partial charge in [0, 0.05) is 24.7 Å². The number of anilines is 1. The first-order valence-corrected chi connectivity index (χ1v) is 6.45. The summed E-state index contributed by atoms with van der Waals surface area (Å²) >= 11 is 0. The van der Waals surface area contributed by atoms with Crippen molar-refractivity contribution in [1.82, 2.24) is 4.90 Å². The quantitative estimate of drug-likeness (QED) is 0.637. The second-order valence-corrected chi connectivity index (χ2v) is 5.36. The van der Waals surface area contributed by atoms with Gasteiger partial charge in [0.25, 0.3) is 5.69 Å². The molecule has 1 unspecified atom stereocenters. The zero-order valence-corrected chi connectivity index (χ0v) is 12.3. The third-order valence-corrected chi connectivity index (χ3v) is 3.04. The van der Waals surface area contributed by atoms with Gasteiger partial charge >= 0.3 is 0 Å². The molecule has 0 aromatic heterocycles. The van der Waals surface area contributed by atoms with Crippen LogP contribution in [0.1, 0.15) is 19.4 Å². The van der Waals surface area contributed by atoms with E-state index in [-0.39, 0.29) is 11.7 Å². The molecule has 0 saturated heterocycles. The van der Waals surface area contributed by atoms with Crippen LogP contribution in [0.5, 0.6) is 0 Å². The van der Waals surface area contributed by atoms with Gasteiger partial charge in [0.2, 0.25) is 0 Å². The average molecular weight is 276 g/mol. The van der Waals surface area contributed by atoms with Crippen molar-refractivity contribution >= 4 is 11.4 Å². The van der Waals surface area contributed by atoms with Crippen LogP contribution >= 0.6 is 0 Å². The number of benzene rings is 1. The van der Waals surface area contributed by atoms with Gasteiger partial charge in [-0.3, -0.25) is 10.1 Å². The van der Waals surface area contributed by atoms with Crippen LogP contribution in [0.3, 0.4) is 0 Å². The maximum Gasteiger partial charge on any atom is 0.270 e. The summed E-state index contributed by atoms with van der Waals surface area (Å²) in [5, 5.41) is 23.2. The maximum absolute atomic E-state index is 10.7. The minimum absolute atomic E-state index is 0.0687. The SMILES string of the molecule is CC(C)C(CN(C)C)Nc1ccc([N+](=O)[O-])cc1C#N. The minimum Gasteiger partial charge on any atom is -0.380 e. The zero-order chi connectivity index (χ0) is 15.3. The second kappa shape index (κ2) is 6.87. The summed E-state index contributed by atoms with van der Waals surface area (Å²) in [6.45, 7) is 5.01. The summed E-state index contributed by atoms with van der Waals surface area (Å²) in [6.07, 6.45) is 0. The summed E-state index contributed by atoms with van der Waals surface area (Å²) in [5.41, 5.74) is 0.864. The van der Waals surface area contributed by atoms with Gasteiger partial charge < -0.3 is 10.2 Å².